The minimum atomic E-state index is 0.133. The molecule has 0 radical (unpaired) electrons. The van der Waals surface area contributed by atoms with E-state index < -0.39 is 0 Å². The van der Waals surface area contributed by atoms with Crippen LogP contribution < -0.4 is 26.0 Å². The molecule has 3 heterocycles. The van der Waals surface area contributed by atoms with Crippen LogP contribution in [0.4, 0.5) is 5.69 Å². The highest BCUT2D eigenvalue weighted by molar-refractivity contribution is 8.00. The van der Waals surface area contributed by atoms with E-state index >= 15 is 0 Å². The molecule has 0 atom stereocenters. The average Bonchev–Trinajstić information content (AvgIpc) is 3.29. The lowest BCUT2D eigenvalue weighted by molar-refractivity contribution is 0.463. The van der Waals surface area contributed by atoms with Gasteiger partial charge in [0.05, 0.1) is 6.67 Å². The van der Waals surface area contributed by atoms with E-state index in [1.165, 1.54) is 31.9 Å². The second kappa shape index (κ2) is 8.37. The summed E-state index contributed by atoms with van der Waals surface area (Å²) in [6.45, 7) is 0.995. The highest BCUT2D eigenvalue weighted by Gasteiger charge is 2.32. The third-order valence-electron chi connectivity index (χ3n) is 6.01. The third-order valence-corrected chi connectivity index (χ3v) is 7.20. The van der Waals surface area contributed by atoms with Gasteiger partial charge in [0.1, 0.15) is 5.75 Å². The fourth-order valence-electron chi connectivity index (χ4n) is 4.47. The minimum Gasteiger partial charge on any atom is -0.439 e. The van der Waals surface area contributed by atoms with E-state index in [4.69, 9.17) is 4.74 Å². The van der Waals surface area contributed by atoms with Crippen molar-refractivity contribution in [2.75, 3.05) is 18.6 Å². The van der Waals surface area contributed by atoms with Crippen molar-refractivity contribution in [1.82, 2.24) is 9.88 Å². The molecule has 2 aliphatic heterocycles. The first kappa shape index (κ1) is 20.0. The standard InChI is InChI=1S/C27H22BN3OS/c1-30-15-16-31(19-30)21-12-13-26-24(18-21)28(23-9-2-3-10-25(23)33-26)20-7-6-8-22(17-20)32-27-11-4-5-14-29-27/h2-18H,19H2,1H3. The van der Waals surface area contributed by atoms with E-state index in [2.05, 4.69) is 94.9 Å². The van der Waals surface area contributed by atoms with E-state index in [9.17, 15) is 0 Å². The van der Waals surface area contributed by atoms with Crippen LogP contribution in [0.2, 0.25) is 0 Å². The molecule has 3 aromatic carbocycles. The molecule has 0 aliphatic carbocycles. The Bertz CT molecular complexity index is 1340. The van der Waals surface area contributed by atoms with Crippen molar-refractivity contribution in [3.63, 3.8) is 0 Å². The predicted molar refractivity (Wildman–Crippen MR) is 137 cm³/mol. The van der Waals surface area contributed by atoms with Crippen molar-refractivity contribution in [3.8, 4) is 11.6 Å². The number of ether oxygens (including phenoxy) is 1. The maximum absolute atomic E-state index is 6.06. The number of fused-ring (bicyclic) bond motifs is 2. The maximum Gasteiger partial charge on any atom is 0.244 e. The smallest absolute Gasteiger partial charge is 0.244 e. The van der Waals surface area contributed by atoms with Crippen molar-refractivity contribution >= 4 is 40.6 Å². The van der Waals surface area contributed by atoms with Crippen molar-refractivity contribution in [2.45, 2.75) is 9.79 Å². The molecular weight excluding hydrogens is 425 g/mol. The lowest BCUT2D eigenvalue weighted by Gasteiger charge is -2.28. The summed E-state index contributed by atoms with van der Waals surface area (Å²) in [5.41, 5.74) is 5.08. The first-order valence-electron chi connectivity index (χ1n) is 11.0. The summed E-state index contributed by atoms with van der Waals surface area (Å²) in [5, 5.41) is 0. The SMILES string of the molecule is CN1C=CN(c2ccc3c(c2)B(c2cccc(Oc4ccccn4)c2)c2ccccc2S3)C1. The van der Waals surface area contributed by atoms with Gasteiger partial charge in [-0.1, -0.05) is 64.5 Å². The molecule has 4 nitrogen and oxygen atoms in total. The summed E-state index contributed by atoms with van der Waals surface area (Å²) in [5.74, 6) is 1.39. The van der Waals surface area contributed by atoms with Crippen molar-refractivity contribution in [1.29, 1.82) is 0 Å². The van der Waals surface area contributed by atoms with Gasteiger partial charge in [0, 0.05) is 47.2 Å². The summed E-state index contributed by atoms with van der Waals surface area (Å²) in [7, 11) is 2.09. The predicted octanol–water partition coefficient (Wildman–Crippen LogP) is 4.04. The molecule has 0 fully saturated rings. The molecule has 0 saturated carbocycles. The molecule has 4 aromatic rings. The zero-order chi connectivity index (χ0) is 22.2. The monoisotopic (exact) mass is 447 g/mol. The summed E-state index contributed by atoms with van der Waals surface area (Å²) in [4.78, 5) is 11.4. The summed E-state index contributed by atoms with van der Waals surface area (Å²) in [6.07, 6.45) is 6.00. The molecule has 6 rings (SSSR count). The van der Waals surface area contributed by atoms with Crippen LogP contribution in [0.5, 0.6) is 11.6 Å². The van der Waals surface area contributed by atoms with Gasteiger partial charge in [0.15, 0.2) is 0 Å². The van der Waals surface area contributed by atoms with Gasteiger partial charge in [-0.25, -0.2) is 4.98 Å². The van der Waals surface area contributed by atoms with Crippen molar-refractivity contribution in [2.24, 2.45) is 0 Å². The van der Waals surface area contributed by atoms with Crippen LogP contribution in [0, 0.1) is 0 Å². The summed E-state index contributed by atoms with van der Waals surface area (Å²) in [6, 6.07) is 29.7. The molecule has 2 aliphatic rings. The van der Waals surface area contributed by atoms with Crippen molar-refractivity contribution < 1.29 is 4.74 Å². The third kappa shape index (κ3) is 3.87. The Hall–Kier alpha value is -3.64. The van der Waals surface area contributed by atoms with Crippen LogP contribution in [0.25, 0.3) is 0 Å². The van der Waals surface area contributed by atoms with E-state index in [-0.39, 0.29) is 6.71 Å². The topological polar surface area (TPSA) is 28.6 Å². The Morgan fingerprint density at radius 2 is 1.73 bits per heavy atom. The molecular formula is C27H22BN3OS. The molecule has 0 N–H and O–H groups in total. The summed E-state index contributed by atoms with van der Waals surface area (Å²) < 4.78 is 6.06. The lowest BCUT2D eigenvalue weighted by atomic mass is 9.36. The minimum absolute atomic E-state index is 0.133. The van der Waals surface area contributed by atoms with Gasteiger partial charge in [0.25, 0.3) is 0 Å². The highest BCUT2D eigenvalue weighted by atomic mass is 32.2. The van der Waals surface area contributed by atoms with Crippen LogP contribution in [0.3, 0.4) is 0 Å². The van der Waals surface area contributed by atoms with Gasteiger partial charge < -0.3 is 14.5 Å². The number of pyridine rings is 1. The first-order valence-corrected chi connectivity index (χ1v) is 11.8. The molecule has 0 unspecified atom stereocenters. The molecule has 33 heavy (non-hydrogen) atoms. The van der Waals surface area contributed by atoms with E-state index in [0.29, 0.717) is 5.88 Å². The largest absolute Gasteiger partial charge is 0.439 e. The fraction of sp³-hybridized carbons (Fsp3) is 0.0741. The van der Waals surface area contributed by atoms with Crippen LogP contribution in [0.15, 0.2) is 113 Å². The number of benzene rings is 3. The van der Waals surface area contributed by atoms with E-state index in [0.717, 1.165) is 12.4 Å². The molecule has 160 valence electrons. The molecule has 0 bridgehead atoms. The zero-order valence-corrected chi connectivity index (χ0v) is 19.1. The maximum atomic E-state index is 6.06. The van der Waals surface area contributed by atoms with Crippen LogP contribution in [-0.2, 0) is 0 Å². The number of aromatic nitrogens is 1. The Kier molecular flexibility index (Phi) is 5.08. The highest BCUT2D eigenvalue weighted by Crippen LogP contribution is 2.32. The second-order valence-corrected chi connectivity index (χ2v) is 9.39. The number of anilines is 1. The second-order valence-electron chi connectivity index (χ2n) is 8.30. The van der Waals surface area contributed by atoms with Gasteiger partial charge in [-0.2, -0.15) is 0 Å². The van der Waals surface area contributed by atoms with Crippen LogP contribution >= 0.6 is 11.8 Å². The quantitative estimate of drug-likeness (QED) is 0.388. The average molecular weight is 447 g/mol. The van der Waals surface area contributed by atoms with Crippen molar-refractivity contribution in [3.05, 3.63) is 104 Å². The van der Waals surface area contributed by atoms with Gasteiger partial charge in [0.2, 0.25) is 12.6 Å². The molecule has 6 heteroatoms. The van der Waals surface area contributed by atoms with Gasteiger partial charge >= 0.3 is 0 Å². The molecule has 0 spiro atoms. The molecule has 0 amide bonds. The van der Waals surface area contributed by atoms with E-state index in [1.807, 2.05) is 36.0 Å². The van der Waals surface area contributed by atoms with Crippen LogP contribution in [-0.4, -0.2) is 30.3 Å². The van der Waals surface area contributed by atoms with E-state index in [1.54, 1.807) is 6.20 Å². The van der Waals surface area contributed by atoms with Crippen LogP contribution in [0.1, 0.15) is 0 Å². The number of hydrogen-bond donors (Lipinski definition) is 0. The Morgan fingerprint density at radius 1 is 0.848 bits per heavy atom. The van der Waals surface area contributed by atoms with Gasteiger partial charge in [-0.15, -0.1) is 0 Å². The Balaban J connectivity index is 1.44. The fourth-order valence-corrected chi connectivity index (χ4v) is 5.59. The molecule has 1 aromatic heterocycles. The number of hydrogen-bond acceptors (Lipinski definition) is 5. The normalized spacial score (nSPS) is 14.3. The summed E-state index contributed by atoms with van der Waals surface area (Å²) >= 11 is 1.85. The van der Waals surface area contributed by atoms with Gasteiger partial charge in [-0.3, -0.25) is 0 Å². The first-order chi connectivity index (χ1) is 16.2. The Labute approximate surface area is 198 Å². The Morgan fingerprint density at radius 3 is 2.58 bits per heavy atom. The number of rotatable bonds is 4. The molecule has 0 saturated heterocycles. The van der Waals surface area contributed by atoms with Gasteiger partial charge in [-0.05, 0) is 42.5 Å². The zero-order valence-electron chi connectivity index (χ0n) is 18.3. The lowest BCUT2D eigenvalue weighted by Crippen LogP contribution is -2.55. The number of nitrogens with zero attached hydrogens (tertiary/aromatic N) is 3.